The van der Waals surface area contributed by atoms with E-state index in [1.807, 2.05) is 19.2 Å². The highest BCUT2D eigenvalue weighted by molar-refractivity contribution is 6.42. The summed E-state index contributed by atoms with van der Waals surface area (Å²) in [6.45, 7) is 2.23. The number of benzene rings is 1. The van der Waals surface area contributed by atoms with Crippen LogP contribution in [-0.2, 0) is 7.05 Å². The fraction of sp³-hybridized carbons (Fsp3) is 0.357. The lowest BCUT2D eigenvalue weighted by molar-refractivity contribution is 0.743. The number of hydrogen-bond acceptors (Lipinski definition) is 2. The monoisotopic (exact) mass is 295 g/mol. The quantitative estimate of drug-likeness (QED) is 0.906. The van der Waals surface area contributed by atoms with Crippen molar-refractivity contribution in [3.05, 3.63) is 33.9 Å². The molecule has 1 aliphatic rings. The van der Waals surface area contributed by atoms with Crippen molar-refractivity contribution in [1.82, 2.24) is 9.78 Å². The fourth-order valence-corrected chi connectivity index (χ4v) is 2.77. The standard InChI is InChI=1S/C14H15Cl2N3/c1-7-5-9(7)13-12(14(17)19(2)18-13)8-3-4-10(15)11(16)6-8/h3-4,6-7,9H,5,17H2,1-2H3. The van der Waals surface area contributed by atoms with Crippen molar-refractivity contribution in [3.8, 4) is 11.1 Å². The molecule has 3 nitrogen and oxygen atoms in total. The van der Waals surface area contributed by atoms with Crippen LogP contribution in [0.2, 0.25) is 10.0 Å². The molecule has 1 aromatic heterocycles. The molecule has 1 aliphatic carbocycles. The summed E-state index contributed by atoms with van der Waals surface area (Å²) < 4.78 is 1.73. The zero-order chi connectivity index (χ0) is 13.7. The first-order valence-corrected chi connectivity index (χ1v) is 7.02. The summed E-state index contributed by atoms with van der Waals surface area (Å²) in [5.41, 5.74) is 9.21. The molecular formula is C14H15Cl2N3. The van der Waals surface area contributed by atoms with Crippen LogP contribution in [0.3, 0.4) is 0 Å². The Kier molecular flexibility index (Phi) is 2.99. The lowest BCUT2D eigenvalue weighted by Crippen LogP contribution is -1.98. The summed E-state index contributed by atoms with van der Waals surface area (Å²) >= 11 is 12.1. The molecule has 0 aliphatic heterocycles. The zero-order valence-corrected chi connectivity index (χ0v) is 12.3. The average Bonchev–Trinajstić information content (AvgIpc) is 3.01. The van der Waals surface area contributed by atoms with Crippen LogP contribution in [0.15, 0.2) is 18.2 Å². The largest absolute Gasteiger partial charge is 0.383 e. The summed E-state index contributed by atoms with van der Waals surface area (Å²) in [6, 6.07) is 5.59. The lowest BCUT2D eigenvalue weighted by atomic mass is 10.0. The predicted octanol–water partition coefficient (Wildman–Crippen LogP) is 4.10. The Labute approximate surface area is 122 Å². The molecule has 1 heterocycles. The van der Waals surface area contributed by atoms with E-state index in [1.165, 1.54) is 6.42 Å². The van der Waals surface area contributed by atoms with Crippen LogP contribution < -0.4 is 5.73 Å². The molecular weight excluding hydrogens is 281 g/mol. The summed E-state index contributed by atoms with van der Waals surface area (Å²) in [5.74, 6) is 1.86. The molecule has 1 aromatic carbocycles. The maximum Gasteiger partial charge on any atom is 0.129 e. The van der Waals surface area contributed by atoms with Crippen LogP contribution in [0.1, 0.15) is 25.0 Å². The minimum absolute atomic E-state index is 0.507. The SMILES string of the molecule is CC1CC1c1nn(C)c(N)c1-c1ccc(Cl)c(Cl)c1. The van der Waals surface area contributed by atoms with Gasteiger partial charge in [-0.05, 0) is 30.0 Å². The zero-order valence-electron chi connectivity index (χ0n) is 10.8. The molecule has 100 valence electrons. The molecule has 0 radical (unpaired) electrons. The minimum atomic E-state index is 0.507. The Hall–Kier alpha value is -1.19. The van der Waals surface area contributed by atoms with Gasteiger partial charge in [-0.2, -0.15) is 5.10 Å². The highest BCUT2D eigenvalue weighted by Crippen LogP contribution is 2.50. The van der Waals surface area contributed by atoms with E-state index in [9.17, 15) is 0 Å². The minimum Gasteiger partial charge on any atom is -0.383 e. The van der Waals surface area contributed by atoms with Crippen LogP contribution in [-0.4, -0.2) is 9.78 Å². The molecule has 1 saturated carbocycles. The number of nitrogen functional groups attached to an aromatic ring is 1. The smallest absolute Gasteiger partial charge is 0.129 e. The van der Waals surface area contributed by atoms with E-state index in [1.54, 1.807) is 10.7 Å². The normalized spacial score (nSPS) is 21.7. The van der Waals surface area contributed by atoms with E-state index < -0.39 is 0 Å². The maximum absolute atomic E-state index is 6.16. The van der Waals surface area contributed by atoms with E-state index >= 15 is 0 Å². The average molecular weight is 296 g/mol. The second-order valence-corrected chi connectivity index (χ2v) is 6.03. The second-order valence-electron chi connectivity index (χ2n) is 5.22. The molecule has 0 saturated heterocycles. The number of anilines is 1. The van der Waals surface area contributed by atoms with Gasteiger partial charge in [-0.25, -0.2) is 0 Å². The van der Waals surface area contributed by atoms with Crippen LogP contribution in [0.5, 0.6) is 0 Å². The van der Waals surface area contributed by atoms with Crippen molar-refractivity contribution >= 4 is 29.0 Å². The Balaban J connectivity index is 2.15. The van der Waals surface area contributed by atoms with Gasteiger partial charge in [0.15, 0.2) is 0 Å². The number of nitrogens with zero attached hydrogens (tertiary/aromatic N) is 2. The van der Waals surface area contributed by atoms with Gasteiger partial charge in [-0.1, -0.05) is 36.2 Å². The summed E-state index contributed by atoms with van der Waals surface area (Å²) in [4.78, 5) is 0. The van der Waals surface area contributed by atoms with Gasteiger partial charge in [0.25, 0.3) is 0 Å². The molecule has 2 unspecified atom stereocenters. The number of hydrogen-bond donors (Lipinski definition) is 1. The second kappa shape index (κ2) is 4.43. The Morgan fingerprint density at radius 3 is 2.58 bits per heavy atom. The highest BCUT2D eigenvalue weighted by atomic mass is 35.5. The first-order valence-electron chi connectivity index (χ1n) is 6.26. The molecule has 0 bridgehead atoms. The van der Waals surface area contributed by atoms with Crippen molar-refractivity contribution in [1.29, 1.82) is 0 Å². The number of rotatable bonds is 2. The molecule has 0 spiro atoms. The van der Waals surface area contributed by atoms with Crippen LogP contribution in [0.25, 0.3) is 11.1 Å². The van der Waals surface area contributed by atoms with Gasteiger partial charge >= 0.3 is 0 Å². The molecule has 1 fully saturated rings. The third kappa shape index (κ3) is 2.11. The third-order valence-corrected chi connectivity index (χ3v) is 4.53. The first kappa shape index (κ1) is 12.8. The Morgan fingerprint density at radius 2 is 2.00 bits per heavy atom. The van der Waals surface area contributed by atoms with Gasteiger partial charge in [0, 0.05) is 18.5 Å². The van der Waals surface area contributed by atoms with E-state index in [0.29, 0.717) is 27.7 Å². The van der Waals surface area contributed by atoms with Gasteiger partial charge in [-0.3, -0.25) is 4.68 Å². The van der Waals surface area contributed by atoms with Crippen molar-refractivity contribution in [2.24, 2.45) is 13.0 Å². The molecule has 19 heavy (non-hydrogen) atoms. The van der Waals surface area contributed by atoms with E-state index in [2.05, 4.69) is 12.0 Å². The number of aromatic nitrogens is 2. The molecule has 2 aromatic rings. The number of nitrogens with two attached hydrogens (primary N) is 1. The number of aryl methyl sites for hydroxylation is 1. The van der Waals surface area contributed by atoms with Gasteiger partial charge < -0.3 is 5.73 Å². The molecule has 2 atom stereocenters. The van der Waals surface area contributed by atoms with E-state index in [-0.39, 0.29) is 0 Å². The van der Waals surface area contributed by atoms with Gasteiger partial charge in [0.1, 0.15) is 5.82 Å². The topological polar surface area (TPSA) is 43.8 Å². The fourth-order valence-electron chi connectivity index (χ4n) is 2.47. The lowest BCUT2D eigenvalue weighted by Gasteiger charge is -2.05. The molecule has 2 N–H and O–H groups in total. The third-order valence-electron chi connectivity index (χ3n) is 3.79. The molecule has 5 heteroatoms. The first-order chi connectivity index (χ1) is 8.99. The van der Waals surface area contributed by atoms with Crippen molar-refractivity contribution in [2.75, 3.05) is 5.73 Å². The highest BCUT2D eigenvalue weighted by Gasteiger charge is 2.39. The van der Waals surface area contributed by atoms with Crippen LogP contribution >= 0.6 is 23.2 Å². The van der Waals surface area contributed by atoms with Gasteiger partial charge in [0.05, 0.1) is 15.7 Å². The predicted molar refractivity (Wildman–Crippen MR) is 79.6 cm³/mol. The van der Waals surface area contributed by atoms with E-state index in [4.69, 9.17) is 28.9 Å². The maximum atomic E-state index is 6.16. The van der Waals surface area contributed by atoms with Gasteiger partial charge in [0.2, 0.25) is 0 Å². The van der Waals surface area contributed by atoms with Crippen LogP contribution in [0.4, 0.5) is 5.82 Å². The molecule has 3 rings (SSSR count). The van der Waals surface area contributed by atoms with E-state index in [0.717, 1.165) is 16.8 Å². The van der Waals surface area contributed by atoms with Crippen LogP contribution in [0, 0.1) is 5.92 Å². The van der Waals surface area contributed by atoms with Crippen molar-refractivity contribution in [2.45, 2.75) is 19.3 Å². The Morgan fingerprint density at radius 1 is 1.32 bits per heavy atom. The summed E-state index contributed by atoms with van der Waals surface area (Å²) in [6.07, 6.45) is 1.17. The van der Waals surface area contributed by atoms with Gasteiger partial charge in [-0.15, -0.1) is 0 Å². The molecule has 0 amide bonds. The van der Waals surface area contributed by atoms with Crippen molar-refractivity contribution in [3.63, 3.8) is 0 Å². The summed E-state index contributed by atoms with van der Waals surface area (Å²) in [5, 5.41) is 5.66. The van der Waals surface area contributed by atoms with Crippen molar-refractivity contribution < 1.29 is 0 Å². The summed E-state index contributed by atoms with van der Waals surface area (Å²) in [7, 11) is 1.87. The Bertz CT molecular complexity index is 648. The number of halogens is 2.